The number of hydrogen-bond acceptors (Lipinski definition) is 3. The molecule has 16 heavy (non-hydrogen) atoms. The van der Waals surface area contributed by atoms with Crippen LogP contribution in [0.3, 0.4) is 0 Å². The highest BCUT2D eigenvalue weighted by Gasteiger charge is 2.28. The molecule has 92 valence electrons. The quantitative estimate of drug-likeness (QED) is 0.767. The second-order valence-corrected chi connectivity index (χ2v) is 5.75. The van der Waals surface area contributed by atoms with Gasteiger partial charge >= 0.3 is 0 Å². The van der Waals surface area contributed by atoms with Gasteiger partial charge in [-0.05, 0) is 0 Å². The zero-order valence-corrected chi connectivity index (χ0v) is 11.3. The van der Waals surface area contributed by atoms with E-state index in [-0.39, 0.29) is 22.5 Å². The molecular formula is C8H13Cl2N3O2S. The van der Waals surface area contributed by atoms with Gasteiger partial charge in [-0.2, -0.15) is 9.40 Å². The Labute approximate surface area is 105 Å². The number of nitrogens with zero attached hydrogens (tertiary/aromatic N) is 3. The Morgan fingerprint density at radius 1 is 1.56 bits per heavy atom. The van der Waals surface area contributed by atoms with E-state index in [4.69, 9.17) is 23.2 Å². The van der Waals surface area contributed by atoms with E-state index in [1.807, 2.05) is 0 Å². The highest BCUT2D eigenvalue weighted by atomic mass is 35.5. The Morgan fingerprint density at radius 2 is 2.19 bits per heavy atom. The van der Waals surface area contributed by atoms with Crippen LogP contribution in [0, 0.1) is 0 Å². The molecule has 0 amide bonds. The minimum Gasteiger partial charge on any atom is -0.255 e. The SMILES string of the molecule is CCN(CCCl)S(=O)(=O)c1c(Cl)cnn1C. The van der Waals surface area contributed by atoms with E-state index in [0.717, 1.165) is 0 Å². The normalized spacial score (nSPS) is 12.3. The number of alkyl halides is 1. The second-order valence-electron chi connectivity index (χ2n) is 3.11. The molecule has 1 rings (SSSR count). The highest BCUT2D eigenvalue weighted by Crippen LogP contribution is 2.23. The largest absolute Gasteiger partial charge is 0.261 e. The lowest BCUT2D eigenvalue weighted by atomic mass is 10.7. The van der Waals surface area contributed by atoms with E-state index in [2.05, 4.69) is 5.10 Å². The van der Waals surface area contributed by atoms with Crippen LogP contribution in [0.15, 0.2) is 11.2 Å². The molecule has 0 saturated carbocycles. The zero-order chi connectivity index (χ0) is 12.3. The Balaban J connectivity index is 3.20. The lowest BCUT2D eigenvalue weighted by Gasteiger charge is -2.19. The summed E-state index contributed by atoms with van der Waals surface area (Å²) in [7, 11) is -2.08. The van der Waals surface area contributed by atoms with Crippen molar-refractivity contribution >= 4 is 33.2 Å². The molecule has 0 radical (unpaired) electrons. The number of aryl methyl sites for hydroxylation is 1. The van der Waals surface area contributed by atoms with Gasteiger partial charge in [0.1, 0.15) is 0 Å². The molecule has 0 saturated heterocycles. The van der Waals surface area contributed by atoms with Crippen LogP contribution in [0.5, 0.6) is 0 Å². The molecule has 0 N–H and O–H groups in total. The van der Waals surface area contributed by atoms with Crippen molar-refractivity contribution in [3.63, 3.8) is 0 Å². The average molecular weight is 286 g/mol. The first-order valence-electron chi connectivity index (χ1n) is 4.68. The smallest absolute Gasteiger partial charge is 0.255 e. The topological polar surface area (TPSA) is 55.2 Å². The van der Waals surface area contributed by atoms with E-state index in [9.17, 15) is 8.42 Å². The molecule has 0 aliphatic carbocycles. The van der Waals surface area contributed by atoms with Crippen molar-refractivity contribution in [3.05, 3.63) is 11.2 Å². The van der Waals surface area contributed by atoms with Gasteiger partial charge in [0.15, 0.2) is 5.03 Å². The molecule has 8 heteroatoms. The summed E-state index contributed by atoms with van der Waals surface area (Å²) in [5.74, 6) is 0.239. The summed E-state index contributed by atoms with van der Waals surface area (Å²) in [6.07, 6.45) is 1.31. The lowest BCUT2D eigenvalue weighted by Crippen LogP contribution is -2.34. The van der Waals surface area contributed by atoms with Crippen LogP contribution in [0.25, 0.3) is 0 Å². The Kier molecular flexibility index (Phi) is 4.61. The Bertz CT molecular complexity index is 438. The van der Waals surface area contributed by atoms with Crippen LogP contribution in [0.1, 0.15) is 6.92 Å². The number of sulfonamides is 1. The molecule has 1 aromatic rings. The first kappa shape index (κ1) is 13.8. The predicted octanol–water partition coefficient (Wildman–Crippen LogP) is 1.32. The van der Waals surface area contributed by atoms with Gasteiger partial charge in [-0.25, -0.2) is 8.42 Å². The van der Waals surface area contributed by atoms with Gasteiger partial charge < -0.3 is 0 Å². The summed E-state index contributed by atoms with van der Waals surface area (Å²) < 4.78 is 26.9. The number of hydrogen-bond donors (Lipinski definition) is 0. The summed E-state index contributed by atoms with van der Waals surface area (Å²) in [6, 6.07) is 0. The predicted molar refractivity (Wildman–Crippen MR) is 63.4 cm³/mol. The fourth-order valence-corrected chi connectivity index (χ4v) is 3.71. The molecule has 0 fully saturated rings. The van der Waals surface area contributed by atoms with E-state index in [1.54, 1.807) is 6.92 Å². The first-order chi connectivity index (χ1) is 7.45. The van der Waals surface area contributed by atoms with Gasteiger partial charge in [-0.1, -0.05) is 18.5 Å². The Morgan fingerprint density at radius 3 is 2.56 bits per heavy atom. The number of halogens is 2. The third-order valence-corrected chi connectivity index (χ3v) is 4.76. The summed E-state index contributed by atoms with van der Waals surface area (Å²) in [6.45, 7) is 2.34. The monoisotopic (exact) mass is 285 g/mol. The van der Waals surface area contributed by atoms with Gasteiger partial charge in [0, 0.05) is 26.0 Å². The van der Waals surface area contributed by atoms with E-state index in [1.165, 1.54) is 22.2 Å². The minimum absolute atomic E-state index is 0.00105. The average Bonchev–Trinajstić information content (AvgIpc) is 2.55. The number of aromatic nitrogens is 2. The molecule has 1 heterocycles. The molecule has 0 aliphatic heterocycles. The van der Waals surface area contributed by atoms with Crippen LogP contribution < -0.4 is 0 Å². The maximum absolute atomic E-state index is 12.2. The van der Waals surface area contributed by atoms with Crippen molar-refractivity contribution in [2.45, 2.75) is 11.9 Å². The zero-order valence-electron chi connectivity index (χ0n) is 9.02. The first-order valence-corrected chi connectivity index (χ1v) is 7.04. The number of rotatable bonds is 5. The Hall–Kier alpha value is -0.300. The van der Waals surface area contributed by atoms with Crippen LogP contribution in [0.4, 0.5) is 0 Å². The third kappa shape index (κ3) is 2.51. The summed E-state index contributed by atoms with van der Waals surface area (Å²) in [4.78, 5) is 0. The molecule has 0 spiro atoms. The van der Waals surface area contributed by atoms with Crippen molar-refractivity contribution in [1.29, 1.82) is 0 Å². The molecule has 1 aromatic heterocycles. The lowest BCUT2D eigenvalue weighted by molar-refractivity contribution is 0.439. The van der Waals surface area contributed by atoms with E-state index >= 15 is 0 Å². The molecule has 0 unspecified atom stereocenters. The maximum Gasteiger partial charge on any atom is 0.261 e. The van der Waals surface area contributed by atoms with Crippen molar-refractivity contribution in [2.24, 2.45) is 7.05 Å². The molecule has 0 bridgehead atoms. The van der Waals surface area contributed by atoms with Gasteiger partial charge in [0.2, 0.25) is 0 Å². The minimum atomic E-state index is -3.61. The molecule has 0 aliphatic rings. The van der Waals surface area contributed by atoms with Crippen LogP contribution in [-0.2, 0) is 17.1 Å². The van der Waals surface area contributed by atoms with Crippen molar-refractivity contribution in [2.75, 3.05) is 19.0 Å². The summed E-state index contributed by atoms with van der Waals surface area (Å²) in [5.41, 5.74) is 0. The van der Waals surface area contributed by atoms with Crippen molar-refractivity contribution in [3.8, 4) is 0 Å². The molecular weight excluding hydrogens is 273 g/mol. The van der Waals surface area contributed by atoms with Gasteiger partial charge in [0.05, 0.1) is 11.2 Å². The maximum atomic E-state index is 12.2. The fraction of sp³-hybridized carbons (Fsp3) is 0.625. The van der Waals surface area contributed by atoms with Gasteiger partial charge in [0.25, 0.3) is 10.0 Å². The van der Waals surface area contributed by atoms with Crippen molar-refractivity contribution in [1.82, 2.24) is 14.1 Å². The van der Waals surface area contributed by atoms with Crippen LogP contribution in [-0.4, -0.2) is 41.5 Å². The van der Waals surface area contributed by atoms with Crippen molar-refractivity contribution < 1.29 is 8.42 Å². The molecule has 0 atom stereocenters. The summed E-state index contributed by atoms with van der Waals surface area (Å²) in [5, 5.41) is 3.93. The van der Waals surface area contributed by atoms with Gasteiger partial charge in [-0.3, -0.25) is 4.68 Å². The van der Waals surface area contributed by atoms with Crippen LogP contribution >= 0.6 is 23.2 Å². The van der Waals surface area contributed by atoms with E-state index in [0.29, 0.717) is 6.54 Å². The standard InChI is InChI=1S/C8H13Cl2N3O2S/c1-3-13(5-4-9)16(14,15)8-7(10)6-11-12(8)2/h6H,3-5H2,1-2H3. The highest BCUT2D eigenvalue weighted by molar-refractivity contribution is 7.89. The third-order valence-electron chi connectivity index (χ3n) is 2.11. The fourth-order valence-electron chi connectivity index (χ4n) is 1.35. The van der Waals surface area contributed by atoms with E-state index < -0.39 is 10.0 Å². The van der Waals surface area contributed by atoms with Crippen LogP contribution in [0.2, 0.25) is 5.02 Å². The second kappa shape index (κ2) is 5.35. The summed E-state index contributed by atoms with van der Waals surface area (Å²) >= 11 is 11.4. The van der Waals surface area contributed by atoms with Gasteiger partial charge in [-0.15, -0.1) is 11.6 Å². The molecule has 0 aromatic carbocycles. The molecule has 5 nitrogen and oxygen atoms in total.